The number of aromatic nitrogens is 3. The first-order chi connectivity index (χ1) is 20.3. The summed E-state index contributed by atoms with van der Waals surface area (Å²) in [5.74, 6) is 1.75. The van der Waals surface area contributed by atoms with Crippen molar-refractivity contribution in [3.8, 4) is 5.75 Å². The van der Waals surface area contributed by atoms with E-state index >= 15 is 0 Å². The van der Waals surface area contributed by atoms with Crippen LogP contribution in [-0.2, 0) is 15.9 Å². The molecule has 232 valence electrons. The molecule has 1 aliphatic rings. The minimum Gasteiger partial charge on any atom is -0.494 e. The normalized spacial score (nSPS) is 15.6. The lowest BCUT2D eigenvalue weighted by Gasteiger charge is -2.35. The van der Waals surface area contributed by atoms with Gasteiger partial charge in [-0.25, -0.2) is 19.5 Å². The summed E-state index contributed by atoms with van der Waals surface area (Å²) in [6, 6.07) is 8.96. The van der Waals surface area contributed by atoms with Crippen LogP contribution in [0.2, 0.25) is 0 Å². The van der Waals surface area contributed by atoms with Crippen molar-refractivity contribution in [3.63, 3.8) is 0 Å². The summed E-state index contributed by atoms with van der Waals surface area (Å²) in [4.78, 5) is 34.9. The van der Waals surface area contributed by atoms with Gasteiger partial charge in [-0.15, -0.1) is 6.58 Å². The second-order valence-corrected chi connectivity index (χ2v) is 12.5. The Morgan fingerprint density at radius 2 is 1.79 bits per heavy atom. The molecule has 0 aliphatic carbocycles. The smallest absolute Gasteiger partial charge is 0.420 e. The predicted octanol–water partition coefficient (Wildman–Crippen LogP) is 6.74. The third kappa shape index (κ3) is 7.97. The summed E-state index contributed by atoms with van der Waals surface area (Å²) in [5.41, 5.74) is 0.504. The van der Waals surface area contributed by atoms with Crippen molar-refractivity contribution in [2.45, 2.75) is 85.0 Å². The van der Waals surface area contributed by atoms with Crippen LogP contribution in [0.4, 0.5) is 26.9 Å². The molecular formula is C32H44N6O5. The van der Waals surface area contributed by atoms with Crippen molar-refractivity contribution in [2.24, 2.45) is 0 Å². The van der Waals surface area contributed by atoms with E-state index in [1.807, 2.05) is 72.7 Å². The van der Waals surface area contributed by atoms with Gasteiger partial charge in [0.05, 0.1) is 18.5 Å². The number of ether oxygens (including phenoxy) is 3. The molecule has 11 nitrogen and oxygen atoms in total. The Morgan fingerprint density at radius 3 is 2.42 bits per heavy atom. The van der Waals surface area contributed by atoms with E-state index in [0.29, 0.717) is 60.4 Å². The molecule has 0 saturated carbocycles. The summed E-state index contributed by atoms with van der Waals surface area (Å²) in [6.07, 6.45) is 4.54. The number of nitrogens with zero attached hydrogens (tertiary/aromatic N) is 5. The number of likely N-dealkylation sites (tertiary alicyclic amines) is 1. The summed E-state index contributed by atoms with van der Waals surface area (Å²) >= 11 is 0. The summed E-state index contributed by atoms with van der Waals surface area (Å²) in [6.45, 7) is 18.6. The van der Waals surface area contributed by atoms with Gasteiger partial charge in [-0.05, 0) is 92.0 Å². The minimum atomic E-state index is -0.746. The molecular weight excluding hydrogens is 548 g/mol. The Balaban J connectivity index is 1.80. The van der Waals surface area contributed by atoms with Gasteiger partial charge in [-0.1, -0.05) is 6.08 Å². The van der Waals surface area contributed by atoms with E-state index in [2.05, 4.69) is 17.0 Å². The number of anilines is 3. The van der Waals surface area contributed by atoms with Gasteiger partial charge < -0.3 is 24.4 Å². The highest BCUT2D eigenvalue weighted by molar-refractivity contribution is 5.97. The van der Waals surface area contributed by atoms with Gasteiger partial charge in [-0.2, -0.15) is 9.61 Å². The molecule has 1 saturated heterocycles. The molecule has 4 rings (SSSR count). The number of piperidine rings is 1. The molecule has 1 aliphatic heterocycles. The van der Waals surface area contributed by atoms with Crippen LogP contribution in [0, 0.1) is 0 Å². The number of hydrogen-bond acceptors (Lipinski definition) is 8. The number of nitrogens with one attached hydrogen (secondary N) is 1. The Morgan fingerprint density at radius 1 is 1.09 bits per heavy atom. The van der Waals surface area contributed by atoms with Crippen LogP contribution in [0.5, 0.6) is 5.75 Å². The van der Waals surface area contributed by atoms with Crippen LogP contribution in [0.15, 0.2) is 49.2 Å². The van der Waals surface area contributed by atoms with Crippen molar-refractivity contribution >= 4 is 35.2 Å². The van der Waals surface area contributed by atoms with Gasteiger partial charge >= 0.3 is 12.2 Å². The highest BCUT2D eigenvalue weighted by atomic mass is 16.6. The number of rotatable bonds is 8. The SMILES string of the molecule is C=CCc1c(N[C@H]2CCCN(C(=O)OC(C)(C)C)C2)nc2ccnn2c1N(C(=O)OC(C)(C)C)c1ccc(OCC)cc1. The van der Waals surface area contributed by atoms with Crippen LogP contribution >= 0.6 is 0 Å². The fraction of sp³-hybridized carbons (Fsp3) is 0.500. The zero-order valence-corrected chi connectivity index (χ0v) is 26.3. The molecule has 43 heavy (non-hydrogen) atoms. The summed E-state index contributed by atoms with van der Waals surface area (Å²) in [5, 5.41) is 8.12. The molecule has 1 N–H and O–H groups in total. The maximum atomic E-state index is 13.9. The van der Waals surface area contributed by atoms with Crippen molar-refractivity contribution in [1.82, 2.24) is 19.5 Å². The highest BCUT2D eigenvalue weighted by Gasteiger charge is 2.33. The Kier molecular flexibility index (Phi) is 9.52. The Bertz CT molecular complexity index is 1440. The molecule has 0 radical (unpaired) electrons. The zero-order chi connectivity index (χ0) is 31.4. The average Bonchev–Trinajstić information content (AvgIpc) is 3.38. The number of carbonyl (C=O) groups excluding carboxylic acids is 2. The van der Waals surface area contributed by atoms with E-state index in [1.54, 1.807) is 27.8 Å². The number of fused-ring (bicyclic) bond motifs is 1. The van der Waals surface area contributed by atoms with Crippen molar-refractivity contribution < 1.29 is 23.8 Å². The summed E-state index contributed by atoms with van der Waals surface area (Å²) in [7, 11) is 0. The first kappa shape index (κ1) is 31.7. The fourth-order valence-corrected chi connectivity index (χ4v) is 4.90. The minimum absolute atomic E-state index is 0.0870. The molecule has 1 aromatic carbocycles. The van der Waals surface area contributed by atoms with E-state index in [9.17, 15) is 9.59 Å². The van der Waals surface area contributed by atoms with Crippen molar-refractivity contribution in [1.29, 1.82) is 0 Å². The standard InChI is InChI=1S/C32H44N6O5/c1-9-12-25-27(34-22-13-11-20-36(21-22)29(39)42-31(3,4)5)35-26-18-19-33-38(26)28(25)37(30(40)43-32(6,7)8)23-14-16-24(17-15-23)41-10-2/h9,14-19,22H,1,10-13,20-21H2,2-8H3,(H,34,35)/t22-/m0/s1. The van der Waals surface area contributed by atoms with Gasteiger partial charge in [0.25, 0.3) is 0 Å². The molecule has 1 fully saturated rings. The number of benzene rings is 1. The molecule has 2 amide bonds. The van der Waals surface area contributed by atoms with Gasteiger partial charge in [0.2, 0.25) is 0 Å². The molecule has 0 bridgehead atoms. The third-order valence-electron chi connectivity index (χ3n) is 6.56. The van der Waals surface area contributed by atoms with E-state index in [1.165, 1.54) is 4.90 Å². The lowest BCUT2D eigenvalue weighted by atomic mass is 10.1. The average molecular weight is 593 g/mol. The van der Waals surface area contributed by atoms with Crippen molar-refractivity contribution in [3.05, 3.63) is 54.7 Å². The second kappa shape index (κ2) is 12.9. The first-order valence-electron chi connectivity index (χ1n) is 14.8. The molecule has 1 atom stereocenters. The predicted molar refractivity (Wildman–Crippen MR) is 167 cm³/mol. The van der Waals surface area contributed by atoms with Gasteiger partial charge in [0.1, 0.15) is 22.8 Å². The topological polar surface area (TPSA) is 111 Å². The monoisotopic (exact) mass is 592 g/mol. The van der Waals surface area contributed by atoms with Crippen LogP contribution in [0.25, 0.3) is 5.65 Å². The lowest BCUT2D eigenvalue weighted by Crippen LogP contribution is -2.47. The number of amides is 2. The quantitative estimate of drug-likeness (QED) is 0.286. The fourth-order valence-electron chi connectivity index (χ4n) is 4.90. The van der Waals surface area contributed by atoms with Crippen LogP contribution in [0.3, 0.4) is 0 Å². The zero-order valence-electron chi connectivity index (χ0n) is 26.3. The number of allylic oxidation sites excluding steroid dienone is 1. The molecule has 0 spiro atoms. The maximum Gasteiger partial charge on any atom is 0.420 e. The van der Waals surface area contributed by atoms with E-state index in [4.69, 9.17) is 19.2 Å². The number of carbonyl (C=O) groups is 2. The lowest BCUT2D eigenvalue weighted by molar-refractivity contribution is 0.0206. The van der Waals surface area contributed by atoms with Crippen LogP contribution in [0.1, 0.15) is 66.9 Å². The molecule has 2 aromatic heterocycles. The molecule has 3 heterocycles. The van der Waals surface area contributed by atoms with E-state index < -0.39 is 17.3 Å². The maximum absolute atomic E-state index is 13.9. The first-order valence-corrected chi connectivity index (χ1v) is 14.8. The molecule has 0 unspecified atom stereocenters. The van der Waals surface area contributed by atoms with Crippen molar-refractivity contribution in [2.75, 3.05) is 29.9 Å². The van der Waals surface area contributed by atoms with Gasteiger partial charge in [0.15, 0.2) is 11.5 Å². The second-order valence-electron chi connectivity index (χ2n) is 12.5. The third-order valence-corrected chi connectivity index (χ3v) is 6.56. The Labute approximate surface area is 253 Å². The molecule has 3 aromatic rings. The number of hydrogen-bond donors (Lipinski definition) is 1. The van der Waals surface area contributed by atoms with Gasteiger partial charge in [0, 0.05) is 30.8 Å². The van der Waals surface area contributed by atoms with Crippen LogP contribution < -0.4 is 15.0 Å². The van der Waals surface area contributed by atoms with Crippen LogP contribution in [-0.4, -0.2) is 68.6 Å². The summed E-state index contributed by atoms with van der Waals surface area (Å²) < 4.78 is 18.8. The molecule has 11 heteroatoms. The Hall–Kier alpha value is -4.28. The van der Waals surface area contributed by atoms with E-state index in [0.717, 1.165) is 12.8 Å². The largest absolute Gasteiger partial charge is 0.494 e. The van der Waals surface area contributed by atoms with E-state index in [-0.39, 0.29) is 12.1 Å². The van der Waals surface area contributed by atoms with Gasteiger partial charge in [-0.3, -0.25) is 0 Å². The highest BCUT2D eigenvalue weighted by Crippen LogP contribution is 2.36.